The van der Waals surface area contributed by atoms with E-state index >= 15 is 0 Å². The van der Waals surface area contributed by atoms with E-state index in [4.69, 9.17) is 4.52 Å². The predicted molar refractivity (Wildman–Crippen MR) is 86.9 cm³/mol. The Morgan fingerprint density at radius 3 is 3.13 bits per heavy atom. The lowest BCUT2D eigenvalue weighted by Crippen LogP contribution is -2.46. The zero-order chi connectivity index (χ0) is 16.2. The maximum Gasteiger partial charge on any atom is 0.227 e. The molecule has 3 heterocycles. The highest BCUT2D eigenvalue weighted by Gasteiger charge is 2.28. The monoisotopic (exact) mass is 335 g/mol. The second-order valence-electron chi connectivity index (χ2n) is 6.01. The quantitative estimate of drug-likeness (QED) is 0.907. The Labute approximate surface area is 139 Å². The van der Waals surface area contributed by atoms with Gasteiger partial charge in [-0.3, -0.25) is 4.79 Å². The zero-order valence-corrected chi connectivity index (χ0v) is 14.0. The third kappa shape index (κ3) is 3.79. The van der Waals surface area contributed by atoms with E-state index in [-0.39, 0.29) is 24.5 Å². The molecule has 23 heavy (non-hydrogen) atoms. The normalized spacial score (nSPS) is 21.6. The summed E-state index contributed by atoms with van der Waals surface area (Å²) in [6.07, 6.45) is 2.73. The largest absolute Gasteiger partial charge is 0.396 e. The third-order valence-electron chi connectivity index (χ3n) is 4.32. The number of hydrogen-bond donors (Lipinski definition) is 1. The van der Waals surface area contributed by atoms with Gasteiger partial charge in [-0.2, -0.15) is 4.98 Å². The van der Waals surface area contributed by atoms with Crippen molar-refractivity contribution in [2.24, 2.45) is 5.92 Å². The van der Waals surface area contributed by atoms with Crippen LogP contribution < -0.4 is 0 Å². The van der Waals surface area contributed by atoms with E-state index in [1.807, 2.05) is 22.4 Å². The summed E-state index contributed by atoms with van der Waals surface area (Å²) >= 11 is 1.56. The van der Waals surface area contributed by atoms with E-state index in [1.165, 1.54) is 0 Å². The van der Waals surface area contributed by atoms with Crippen molar-refractivity contribution < 1.29 is 14.4 Å². The minimum absolute atomic E-state index is 0.0894. The standard InChI is InChI=1S/C16H21N3O3S/c1-11-4-5-12(10-20)9-19(11)15(21)7-6-14-17-16(18-22-14)13-3-2-8-23-13/h2-3,8,11-12,20H,4-7,9-10H2,1H3. The van der Waals surface area contributed by atoms with Crippen LogP contribution in [0.2, 0.25) is 0 Å². The van der Waals surface area contributed by atoms with Crippen molar-refractivity contribution >= 4 is 17.2 Å². The number of aliphatic hydroxyl groups is 1. The molecular formula is C16H21N3O3S. The molecule has 6 nitrogen and oxygen atoms in total. The van der Waals surface area contributed by atoms with Gasteiger partial charge in [0.2, 0.25) is 17.6 Å². The smallest absolute Gasteiger partial charge is 0.227 e. The summed E-state index contributed by atoms with van der Waals surface area (Å²) < 4.78 is 5.23. The van der Waals surface area contributed by atoms with Gasteiger partial charge >= 0.3 is 0 Å². The maximum absolute atomic E-state index is 12.4. The highest BCUT2D eigenvalue weighted by Crippen LogP contribution is 2.24. The molecule has 124 valence electrons. The molecule has 0 radical (unpaired) electrons. The van der Waals surface area contributed by atoms with Crippen LogP contribution in [-0.2, 0) is 11.2 Å². The molecule has 3 rings (SSSR count). The van der Waals surface area contributed by atoms with E-state index in [0.717, 1.165) is 17.7 Å². The molecule has 0 aliphatic carbocycles. The predicted octanol–water partition coefficient (Wildman–Crippen LogP) is 2.35. The number of carbonyl (C=O) groups excluding carboxylic acids is 1. The molecule has 2 atom stereocenters. The average Bonchev–Trinajstić information content (AvgIpc) is 3.24. The van der Waals surface area contributed by atoms with Crippen LogP contribution in [0.1, 0.15) is 32.1 Å². The van der Waals surface area contributed by atoms with Crippen molar-refractivity contribution in [1.29, 1.82) is 0 Å². The highest BCUT2D eigenvalue weighted by molar-refractivity contribution is 7.13. The van der Waals surface area contributed by atoms with Crippen LogP contribution in [0.5, 0.6) is 0 Å². The van der Waals surface area contributed by atoms with Crippen LogP contribution in [0, 0.1) is 5.92 Å². The molecule has 1 aliphatic rings. The molecule has 1 aliphatic heterocycles. The van der Waals surface area contributed by atoms with Crippen LogP contribution in [-0.4, -0.2) is 45.2 Å². The summed E-state index contributed by atoms with van der Waals surface area (Å²) in [7, 11) is 0. The lowest BCUT2D eigenvalue weighted by molar-refractivity contribution is -0.136. The van der Waals surface area contributed by atoms with Crippen molar-refractivity contribution in [2.45, 2.75) is 38.6 Å². The first kappa shape index (κ1) is 16.1. The number of rotatable bonds is 5. The summed E-state index contributed by atoms with van der Waals surface area (Å²) in [5.41, 5.74) is 0. The van der Waals surface area contributed by atoms with E-state index in [2.05, 4.69) is 17.1 Å². The number of aryl methyl sites for hydroxylation is 1. The summed E-state index contributed by atoms with van der Waals surface area (Å²) in [5, 5.41) is 15.2. The molecule has 0 aromatic carbocycles. The van der Waals surface area contributed by atoms with Crippen LogP contribution in [0.4, 0.5) is 0 Å². The van der Waals surface area contributed by atoms with Crippen molar-refractivity contribution in [3.63, 3.8) is 0 Å². The van der Waals surface area contributed by atoms with Crippen molar-refractivity contribution in [3.8, 4) is 10.7 Å². The average molecular weight is 335 g/mol. The molecule has 1 amide bonds. The van der Waals surface area contributed by atoms with Gasteiger partial charge in [-0.05, 0) is 37.1 Å². The SMILES string of the molecule is CC1CCC(CO)CN1C(=O)CCc1nc(-c2cccs2)no1. The maximum atomic E-state index is 12.4. The number of thiophene rings is 1. The summed E-state index contributed by atoms with van der Waals surface area (Å²) in [6.45, 7) is 2.85. The molecule has 2 unspecified atom stereocenters. The van der Waals surface area contributed by atoms with Crippen molar-refractivity contribution in [1.82, 2.24) is 15.0 Å². The Hall–Kier alpha value is -1.73. The first-order valence-corrected chi connectivity index (χ1v) is 8.82. The van der Waals surface area contributed by atoms with E-state index in [1.54, 1.807) is 11.3 Å². The highest BCUT2D eigenvalue weighted by atomic mass is 32.1. The topological polar surface area (TPSA) is 79.5 Å². The molecule has 2 aromatic rings. The van der Waals surface area contributed by atoms with Crippen LogP contribution in [0.3, 0.4) is 0 Å². The van der Waals surface area contributed by atoms with Crippen molar-refractivity contribution in [3.05, 3.63) is 23.4 Å². The Morgan fingerprint density at radius 1 is 1.52 bits per heavy atom. The van der Waals surface area contributed by atoms with Gasteiger partial charge in [-0.1, -0.05) is 11.2 Å². The molecule has 0 spiro atoms. The minimum Gasteiger partial charge on any atom is -0.396 e. The number of piperidine rings is 1. The van der Waals surface area contributed by atoms with Crippen LogP contribution in [0.15, 0.2) is 22.0 Å². The lowest BCUT2D eigenvalue weighted by Gasteiger charge is -2.37. The van der Waals surface area contributed by atoms with Gasteiger partial charge in [0.05, 0.1) is 4.88 Å². The molecule has 1 saturated heterocycles. The lowest BCUT2D eigenvalue weighted by atomic mass is 9.94. The van der Waals surface area contributed by atoms with E-state index in [0.29, 0.717) is 31.1 Å². The number of nitrogens with zero attached hydrogens (tertiary/aromatic N) is 3. The number of amides is 1. The Balaban J connectivity index is 1.56. The minimum atomic E-state index is 0.0894. The fourth-order valence-corrected chi connectivity index (χ4v) is 3.55. The number of aromatic nitrogens is 2. The van der Waals surface area contributed by atoms with Crippen LogP contribution in [0.25, 0.3) is 10.7 Å². The molecule has 0 saturated carbocycles. The summed E-state index contributed by atoms with van der Waals surface area (Å²) in [6, 6.07) is 4.11. The van der Waals surface area contributed by atoms with Gasteiger partial charge < -0.3 is 14.5 Å². The molecule has 7 heteroatoms. The van der Waals surface area contributed by atoms with Crippen molar-refractivity contribution in [2.75, 3.05) is 13.2 Å². The Bertz CT molecular complexity index is 641. The van der Waals surface area contributed by atoms with Gasteiger partial charge in [0, 0.05) is 32.0 Å². The van der Waals surface area contributed by atoms with Gasteiger partial charge in [-0.15, -0.1) is 11.3 Å². The summed E-state index contributed by atoms with van der Waals surface area (Å²) in [5.74, 6) is 1.36. The molecular weight excluding hydrogens is 314 g/mol. The second-order valence-corrected chi connectivity index (χ2v) is 6.96. The second kappa shape index (κ2) is 7.23. The first-order chi connectivity index (χ1) is 11.2. The number of carbonyl (C=O) groups is 1. The van der Waals surface area contributed by atoms with E-state index < -0.39 is 0 Å². The molecule has 1 fully saturated rings. The molecule has 1 N–H and O–H groups in total. The molecule has 0 bridgehead atoms. The number of hydrogen-bond acceptors (Lipinski definition) is 6. The zero-order valence-electron chi connectivity index (χ0n) is 13.1. The Kier molecular flexibility index (Phi) is 5.07. The van der Waals surface area contributed by atoms with Gasteiger partial charge in [0.1, 0.15) is 0 Å². The Morgan fingerprint density at radius 2 is 2.39 bits per heavy atom. The van der Waals surface area contributed by atoms with Crippen LogP contribution >= 0.6 is 11.3 Å². The number of likely N-dealkylation sites (tertiary alicyclic amines) is 1. The van der Waals surface area contributed by atoms with Gasteiger partial charge in [-0.25, -0.2) is 0 Å². The number of aliphatic hydroxyl groups excluding tert-OH is 1. The third-order valence-corrected chi connectivity index (χ3v) is 5.19. The fraction of sp³-hybridized carbons (Fsp3) is 0.562. The molecule has 2 aromatic heterocycles. The van der Waals surface area contributed by atoms with Gasteiger partial charge in [0.25, 0.3) is 0 Å². The first-order valence-electron chi connectivity index (χ1n) is 7.94. The van der Waals surface area contributed by atoms with Gasteiger partial charge in [0.15, 0.2) is 0 Å². The fourth-order valence-electron chi connectivity index (χ4n) is 2.90. The summed E-state index contributed by atoms with van der Waals surface area (Å²) in [4.78, 5) is 19.6. The van der Waals surface area contributed by atoms with E-state index in [9.17, 15) is 9.90 Å².